The molecule has 0 radical (unpaired) electrons. The molecular weight excluding hydrogens is 174 g/mol. The fourth-order valence-electron chi connectivity index (χ4n) is 1.54. The van der Waals surface area contributed by atoms with Gasteiger partial charge in [0.1, 0.15) is 5.75 Å². The van der Waals surface area contributed by atoms with Gasteiger partial charge in [-0.15, -0.1) is 0 Å². The third-order valence-electron chi connectivity index (χ3n) is 2.25. The molecule has 1 aromatic rings. The Balaban J connectivity index is 2.50. The zero-order valence-electron chi connectivity index (χ0n) is 9.21. The molecule has 1 aromatic carbocycles. The molecule has 2 nitrogen and oxygen atoms in total. The Hall–Kier alpha value is -1.02. The van der Waals surface area contributed by atoms with Crippen molar-refractivity contribution in [1.29, 1.82) is 0 Å². The molecule has 14 heavy (non-hydrogen) atoms. The van der Waals surface area contributed by atoms with Gasteiger partial charge in [-0.25, -0.2) is 0 Å². The van der Waals surface area contributed by atoms with Crippen LogP contribution in [0.5, 0.6) is 5.75 Å². The first-order valence-electron chi connectivity index (χ1n) is 5.12. The molecule has 1 rings (SSSR count). The molecule has 0 saturated heterocycles. The molecule has 0 saturated carbocycles. The average molecular weight is 193 g/mol. The minimum Gasteiger partial charge on any atom is -0.497 e. The number of likely N-dealkylation sites (N-methyl/N-ethyl adjacent to an activating group) is 1. The van der Waals surface area contributed by atoms with E-state index in [2.05, 4.69) is 31.3 Å². The highest BCUT2D eigenvalue weighted by molar-refractivity contribution is 5.27. The molecule has 0 heterocycles. The molecule has 1 atom stereocenters. The van der Waals surface area contributed by atoms with E-state index in [4.69, 9.17) is 4.74 Å². The maximum atomic E-state index is 5.11. The lowest BCUT2D eigenvalue weighted by atomic mass is 10.1. The summed E-state index contributed by atoms with van der Waals surface area (Å²) in [6.45, 7) is 5.36. The predicted octanol–water partition coefficient (Wildman–Crippen LogP) is 2.24. The van der Waals surface area contributed by atoms with Crippen molar-refractivity contribution in [2.75, 3.05) is 13.7 Å². The maximum absolute atomic E-state index is 5.11. The van der Waals surface area contributed by atoms with Gasteiger partial charge in [-0.3, -0.25) is 0 Å². The largest absolute Gasteiger partial charge is 0.497 e. The maximum Gasteiger partial charge on any atom is 0.118 e. The van der Waals surface area contributed by atoms with Crippen LogP contribution in [0.25, 0.3) is 0 Å². The molecule has 0 amide bonds. The average Bonchev–Trinajstić information content (AvgIpc) is 2.19. The monoisotopic (exact) mass is 193 g/mol. The molecule has 0 aromatic heterocycles. The van der Waals surface area contributed by atoms with Gasteiger partial charge in [0.25, 0.3) is 0 Å². The minimum atomic E-state index is 0.536. The zero-order chi connectivity index (χ0) is 10.4. The lowest BCUT2D eigenvalue weighted by Crippen LogP contribution is -2.27. The second-order valence-corrected chi connectivity index (χ2v) is 3.51. The van der Waals surface area contributed by atoms with Crippen LogP contribution in [0.15, 0.2) is 24.3 Å². The van der Waals surface area contributed by atoms with Crippen molar-refractivity contribution >= 4 is 0 Å². The molecular formula is C12H19NO. The summed E-state index contributed by atoms with van der Waals surface area (Å²) in [6, 6.07) is 8.79. The Morgan fingerprint density at radius 1 is 1.29 bits per heavy atom. The van der Waals surface area contributed by atoms with Crippen LogP contribution >= 0.6 is 0 Å². The molecule has 0 fully saturated rings. The SMILES string of the molecule is CCN[C@@H](C)Cc1ccc(OC)cc1. The van der Waals surface area contributed by atoms with Gasteiger partial charge in [0, 0.05) is 6.04 Å². The van der Waals surface area contributed by atoms with Crippen molar-refractivity contribution in [1.82, 2.24) is 5.32 Å². The van der Waals surface area contributed by atoms with E-state index in [0.29, 0.717) is 6.04 Å². The highest BCUT2D eigenvalue weighted by Gasteiger charge is 2.01. The first-order valence-corrected chi connectivity index (χ1v) is 5.12. The second kappa shape index (κ2) is 5.66. The number of ether oxygens (including phenoxy) is 1. The minimum absolute atomic E-state index is 0.536. The lowest BCUT2D eigenvalue weighted by Gasteiger charge is -2.12. The normalized spacial score (nSPS) is 12.5. The van der Waals surface area contributed by atoms with Gasteiger partial charge in [-0.1, -0.05) is 19.1 Å². The van der Waals surface area contributed by atoms with Crippen molar-refractivity contribution in [3.05, 3.63) is 29.8 Å². The Kier molecular flexibility index (Phi) is 4.47. The number of methoxy groups -OCH3 is 1. The van der Waals surface area contributed by atoms with E-state index in [1.54, 1.807) is 7.11 Å². The number of rotatable bonds is 5. The number of nitrogens with one attached hydrogen (secondary N) is 1. The molecule has 2 heteroatoms. The van der Waals surface area contributed by atoms with Crippen molar-refractivity contribution in [3.63, 3.8) is 0 Å². The zero-order valence-corrected chi connectivity index (χ0v) is 9.21. The standard InChI is InChI=1S/C12H19NO/c1-4-13-10(2)9-11-5-7-12(14-3)8-6-11/h5-8,10,13H,4,9H2,1-3H3/t10-/m0/s1. The fraction of sp³-hybridized carbons (Fsp3) is 0.500. The summed E-state index contributed by atoms with van der Waals surface area (Å²) in [7, 11) is 1.69. The van der Waals surface area contributed by atoms with Gasteiger partial charge < -0.3 is 10.1 Å². The Labute approximate surface area is 86.3 Å². The Morgan fingerprint density at radius 3 is 2.43 bits per heavy atom. The summed E-state index contributed by atoms with van der Waals surface area (Å²) in [5, 5.41) is 3.39. The predicted molar refractivity (Wildman–Crippen MR) is 59.8 cm³/mol. The van der Waals surface area contributed by atoms with Crippen LogP contribution in [0.2, 0.25) is 0 Å². The smallest absolute Gasteiger partial charge is 0.118 e. The molecule has 0 spiro atoms. The first kappa shape index (κ1) is 11.1. The number of benzene rings is 1. The van der Waals surface area contributed by atoms with Crippen LogP contribution in [-0.2, 0) is 6.42 Å². The van der Waals surface area contributed by atoms with E-state index in [9.17, 15) is 0 Å². The van der Waals surface area contributed by atoms with Crippen molar-refractivity contribution < 1.29 is 4.74 Å². The summed E-state index contributed by atoms with van der Waals surface area (Å²) in [5.74, 6) is 0.921. The molecule has 0 unspecified atom stereocenters. The molecule has 0 bridgehead atoms. The highest BCUT2D eigenvalue weighted by atomic mass is 16.5. The quantitative estimate of drug-likeness (QED) is 0.774. The highest BCUT2D eigenvalue weighted by Crippen LogP contribution is 2.12. The van der Waals surface area contributed by atoms with Crippen molar-refractivity contribution in [2.24, 2.45) is 0 Å². The summed E-state index contributed by atoms with van der Waals surface area (Å²) >= 11 is 0. The van der Waals surface area contributed by atoms with E-state index in [0.717, 1.165) is 18.7 Å². The topological polar surface area (TPSA) is 21.3 Å². The second-order valence-electron chi connectivity index (χ2n) is 3.51. The van der Waals surface area contributed by atoms with E-state index in [-0.39, 0.29) is 0 Å². The van der Waals surface area contributed by atoms with Crippen LogP contribution < -0.4 is 10.1 Å². The van der Waals surface area contributed by atoms with E-state index < -0.39 is 0 Å². The van der Waals surface area contributed by atoms with Gasteiger partial charge in [-0.05, 0) is 37.6 Å². The van der Waals surface area contributed by atoms with Crippen LogP contribution in [-0.4, -0.2) is 19.7 Å². The lowest BCUT2D eigenvalue weighted by molar-refractivity contribution is 0.414. The molecule has 0 aliphatic carbocycles. The van der Waals surface area contributed by atoms with E-state index in [1.807, 2.05) is 12.1 Å². The van der Waals surface area contributed by atoms with Gasteiger partial charge in [0.2, 0.25) is 0 Å². The third-order valence-corrected chi connectivity index (χ3v) is 2.25. The van der Waals surface area contributed by atoms with Crippen LogP contribution in [0.3, 0.4) is 0 Å². The number of hydrogen-bond acceptors (Lipinski definition) is 2. The molecule has 0 aliphatic heterocycles. The van der Waals surface area contributed by atoms with E-state index in [1.165, 1.54) is 5.56 Å². The molecule has 1 N–H and O–H groups in total. The fourth-order valence-corrected chi connectivity index (χ4v) is 1.54. The summed E-state index contributed by atoms with van der Waals surface area (Å²) in [5.41, 5.74) is 1.35. The van der Waals surface area contributed by atoms with E-state index >= 15 is 0 Å². The Bertz CT molecular complexity index is 256. The van der Waals surface area contributed by atoms with Gasteiger partial charge in [0.05, 0.1) is 7.11 Å². The number of hydrogen-bond donors (Lipinski definition) is 1. The van der Waals surface area contributed by atoms with Crippen molar-refractivity contribution in [3.8, 4) is 5.75 Å². The summed E-state index contributed by atoms with van der Waals surface area (Å²) < 4.78 is 5.11. The first-order chi connectivity index (χ1) is 6.76. The van der Waals surface area contributed by atoms with Crippen LogP contribution in [0.4, 0.5) is 0 Å². The summed E-state index contributed by atoms with van der Waals surface area (Å²) in [6.07, 6.45) is 1.07. The van der Waals surface area contributed by atoms with Crippen LogP contribution in [0, 0.1) is 0 Å². The third kappa shape index (κ3) is 3.38. The Morgan fingerprint density at radius 2 is 1.93 bits per heavy atom. The molecule has 0 aliphatic rings. The van der Waals surface area contributed by atoms with Gasteiger partial charge in [0.15, 0.2) is 0 Å². The van der Waals surface area contributed by atoms with Gasteiger partial charge >= 0.3 is 0 Å². The van der Waals surface area contributed by atoms with Crippen LogP contribution in [0.1, 0.15) is 19.4 Å². The molecule has 78 valence electrons. The summed E-state index contributed by atoms with van der Waals surface area (Å²) in [4.78, 5) is 0. The van der Waals surface area contributed by atoms with Crippen molar-refractivity contribution in [2.45, 2.75) is 26.3 Å². The van der Waals surface area contributed by atoms with Gasteiger partial charge in [-0.2, -0.15) is 0 Å².